The first-order valence-electron chi connectivity index (χ1n) is 6.07. The largest absolute Gasteiger partial charge is 0.463 e. The zero-order valence-corrected chi connectivity index (χ0v) is 12.2. The number of rotatable bonds is 4. The Morgan fingerprint density at radius 1 is 1.40 bits per heavy atom. The highest BCUT2D eigenvalue weighted by Crippen LogP contribution is 2.28. The van der Waals surface area contributed by atoms with Gasteiger partial charge in [-0.05, 0) is 19.9 Å². The molecular formula is C13H15ClN4O2. The predicted molar refractivity (Wildman–Crippen MR) is 76.9 cm³/mol. The maximum absolute atomic E-state index is 11.4. The van der Waals surface area contributed by atoms with Crippen LogP contribution in [0.1, 0.15) is 24.5 Å². The van der Waals surface area contributed by atoms with Crippen molar-refractivity contribution < 1.29 is 9.53 Å². The zero-order valence-electron chi connectivity index (χ0n) is 11.4. The van der Waals surface area contributed by atoms with Crippen LogP contribution in [-0.4, -0.2) is 34.1 Å². The number of pyridine rings is 1. The van der Waals surface area contributed by atoms with Gasteiger partial charge in [0.05, 0.1) is 19.0 Å². The quantitative estimate of drug-likeness (QED) is 0.669. The van der Waals surface area contributed by atoms with Crippen molar-refractivity contribution in [1.29, 1.82) is 0 Å². The molecule has 106 valence electrons. The average Bonchev–Trinajstić information content (AvgIpc) is 2.86. The zero-order chi connectivity index (χ0) is 14.7. The molecule has 2 aromatic rings. The summed E-state index contributed by atoms with van der Waals surface area (Å²) in [5, 5.41) is 3.67. The third-order valence-electron chi connectivity index (χ3n) is 2.56. The number of hydrogen-bond donors (Lipinski definition) is 2. The van der Waals surface area contributed by atoms with Gasteiger partial charge in [0.2, 0.25) is 5.82 Å². The van der Waals surface area contributed by atoms with Crippen molar-refractivity contribution in [2.24, 2.45) is 0 Å². The molecule has 0 amide bonds. The fourth-order valence-corrected chi connectivity index (χ4v) is 1.89. The molecule has 0 saturated heterocycles. The normalized spacial score (nSPS) is 10.7. The lowest BCUT2D eigenvalue weighted by Crippen LogP contribution is -2.11. The lowest BCUT2D eigenvalue weighted by molar-refractivity contribution is 0.0588. The molecule has 0 aliphatic heterocycles. The molecule has 0 fully saturated rings. The smallest absolute Gasteiger partial charge is 0.374 e. The predicted octanol–water partition coefficient (Wildman–Crippen LogP) is 2.73. The molecule has 0 aromatic carbocycles. The van der Waals surface area contributed by atoms with E-state index < -0.39 is 5.97 Å². The lowest BCUT2D eigenvalue weighted by Gasteiger charge is -2.13. The van der Waals surface area contributed by atoms with Gasteiger partial charge in [0.1, 0.15) is 5.15 Å². The second-order valence-corrected chi connectivity index (χ2v) is 4.88. The first kappa shape index (κ1) is 14.3. The van der Waals surface area contributed by atoms with Gasteiger partial charge >= 0.3 is 5.97 Å². The minimum atomic E-state index is -0.517. The molecule has 2 rings (SSSR count). The Bertz CT molecular complexity index is 625. The van der Waals surface area contributed by atoms with E-state index >= 15 is 0 Å². The number of hydrogen-bond acceptors (Lipinski definition) is 5. The summed E-state index contributed by atoms with van der Waals surface area (Å²) in [6.07, 6.45) is 3.18. The van der Waals surface area contributed by atoms with Crippen molar-refractivity contribution in [3.05, 3.63) is 29.4 Å². The lowest BCUT2D eigenvalue weighted by atomic mass is 10.1. The molecule has 0 aliphatic carbocycles. The Morgan fingerprint density at radius 2 is 2.15 bits per heavy atom. The van der Waals surface area contributed by atoms with Gasteiger partial charge in [-0.2, -0.15) is 0 Å². The summed E-state index contributed by atoms with van der Waals surface area (Å²) in [4.78, 5) is 22.4. The first-order valence-corrected chi connectivity index (χ1v) is 6.45. The van der Waals surface area contributed by atoms with Crippen molar-refractivity contribution in [2.75, 3.05) is 12.4 Å². The number of imidazole rings is 1. The highest BCUT2D eigenvalue weighted by Gasteiger charge is 2.14. The van der Waals surface area contributed by atoms with Gasteiger partial charge in [0.15, 0.2) is 0 Å². The number of carbonyl (C=O) groups is 1. The average molecular weight is 295 g/mol. The Hall–Kier alpha value is -2.08. The van der Waals surface area contributed by atoms with Gasteiger partial charge in [0, 0.05) is 23.5 Å². The minimum Gasteiger partial charge on any atom is -0.463 e. The summed E-state index contributed by atoms with van der Waals surface area (Å²) >= 11 is 5.91. The van der Waals surface area contributed by atoms with Crippen LogP contribution in [0.15, 0.2) is 18.5 Å². The van der Waals surface area contributed by atoms with Crippen LogP contribution in [-0.2, 0) is 4.74 Å². The molecule has 0 bridgehead atoms. The molecule has 0 spiro atoms. The number of nitrogens with zero attached hydrogens (tertiary/aromatic N) is 2. The van der Waals surface area contributed by atoms with Crippen molar-refractivity contribution in [3.8, 4) is 11.3 Å². The van der Waals surface area contributed by atoms with Gasteiger partial charge < -0.3 is 15.0 Å². The van der Waals surface area contributed by atoms with E-state index in [4.69, 9.17) is 11.6 Å². The number of nitrogens with one attached hydrogen (secondary N) is 2. The molecule has 2 heterocycles. The molecule has 7 heteroatoms. The Labute approximate surface area is 121 Å². The van der Waals surface area contributed by atoms with E-state index in [1.165, 1.54) is 7.11 Å². The molecule has 0 unspecified atom stereocenters. The molecule has 0 radical (unpaired) electrons. The summed E-state index contributed by atoms with van der Waals surface area (Å²) in [6, 6.07) is 1.96. The third-order valence-corrected chi connectivity index (χ3v) is 2.77. The molecule has 20 heavy (non-hydrogen) atoms. The first-order chi connectivity index (χ1) is 9.51. The van der Waals surface area contributed by atoms with Crippen LogP contribution in [0.5, 0.6) is 0 Å². The molecule has 0 atom stereocenters. The van der Waals surface area contributed by atoms with Crippen molar-refractivity contribution in [1.82, 2.24) is 15.0 Å². The second-order valence-electron chi connectivity index (χ2n) is 4.49. The Kier molecular flexibility index (Phi) is 4.24. The molecule has 0 saturated carbocycles. The fourth-order valence-electron chi connectivity index (χ4n) is 1.73. The van der Waals surface area contributed by atoms with Gasteiger partial charge in [-0.3, -0.25) is 0 Å². The number of ether oxygens (including phenoxy) is 1. The van der Waals surface area contributed by atoms with Gasteiger partial charge in [-0.15, -0.1) is 0 Å². The monoisotopic (exact) mass is 294 g/mol. The van der Waals surface area contributed by atoms with E-state index in [2.05, 4.69) is 25.0 Å². The van der Waals surface area contributed by atoms with Gasteiger partial charge in [-0.1, -0.05) is 11.6 Å². The number of esters is 1. The van der Waals surface area contributed by atoms with Crippen LogP contribution in [0, 0.1) is 0 Å². The number of aromatic amines is 1. The molecule has 2 N–H and O–H groups in total. The van der Waals surface area contributed by atoms with E-state index in [0.29, 0.717) is 10.8 Å². The van der Waals surface area contributed by atoms with Crippen LogP contribution < -0.4 is 5.32 Å². The van der Waals surface area contributed by atoms with Gasteiger partial charge in [-0.25, -0.2) is 14.8 Å². The fraction of sp³-hybridized carbons (Fsp3) is 0.308. The second kappa shape index (κ2) is 5.92. The number of halogens is 1. The summed E-state index contributed by atoms with van der Waals surface area (Å²) in [5.41, 5.74) is 2.27. The summed E-state index contributed by atoms with van der Waals surface area (Å²) in [5.74, 6) is -0.371. The van der Waals surface area contributed by atoms with Gasteiger partial charge in [0.25, 0.3) is 0 Å². The van der Waals surface area contributed by atoms with Crippen LogP contribution in [0.25, 0.3) is 11.3 Å². The van der Waals surface area contributed by atoms with Crippen LogP contribution >= 0.6 is 11.6 Å². The summed E-state index contributed by atoms with van der Waals surface area (Å²) in [6.45, 7) is 4.04. The third kappa shape index (κ3) is 3.08. The highest BCUT2D eigenvalue weighted by molar-refractivity contribution is 6.29. The number of aromatic nitrogens is 3. The van der Waals surface area contributed by atoms with Crippen LogP contribution in [0.4, 0.5) is 5.69 Å². The summed E-state index contributed by atoms with van der Waals surface area (Å²) < 4.78 is 4.61. The minimum absolute atomic E-state index is 0.146. The molecule has 2 aromatic heterocycles. The maximum Gasteiger partial charge on any atom is 0.374 e. The van der Waals surface area contributed by atoms with E-state index in [9.17, 15) is 4.79 Å². The topological polar surface area (TPSA) is 79.9 Å². The SMILES string of the molecule is COC(=O)c1ncc(-c2cnc(Cl)cc2NC(C)C)[nH]1. The Balaban J connectivity index is 2.41. The standard InChI is InChI=1S/C13H15ClN4O2/c1-7(2)17-9-4-11(14)15-5-8(9)10-6-16-12(18-10)13(19)20-3/h4-7H,1-3H3,(H,15,17)(H,16,18). The van der Waals surface area contributed by atoms with Crippen LogP contribution in [0.2, 0.25) is 5.15 Å². The number of anilines is 1. The number of carbonyl (C=O) groups excluding carboxylic acids is 1. The van der Waals surface area contributed by atoms with Crippen LogP contribution in [0.3, 0.4) is 0 Å². The van der Waals surface area contributed by atoms with Crippen molar-refractivity contribution in [3.63, 3.8) is 0 Å². The molecule has 0 aliphatic rings. The van der Waals surface area contributed by atoms with Crippen molar-refractivity contribution in [2.45, 2.75) is 19.9 Å². The van der Waals surface area contributed by atoms with E-state index in [1.54, 1.807) is 18.5 Å². The Morgan fingerprint density at radius 3 is 2.80 bits per heavy atom. The number of H-pyrrole nitrogens is 1. The molecule has 6 nitrogen and oxygen atoms in total. The maximum atomic E-state index is 11.4. The van der Waals surface area contributed by atoms with Crippen molar-refractivity contribution >= 4 is 23.3 Å². The number of methoxy groups -OCH3 is 1. The van der Waals surface area contributed by atoms with E-state index in [0.717, 1.165) is 11.3 Å². The molecular weight excluding hydrogens is 280 g/mol. The highest BCUT2D eigenvalue weighted by atomic mass is 35.5. The van der Waals surface area contributed by atoms with E-state index in [1.807, 2.05) is 13.8 Å². The van der Waals surface area contributed by atoms with E-state index in [-0.39, 0.29) is 11.9 Å². The summed E-state index contributed by atoms with van der Waals surface area (Å²) in [7, 11) is 1.31.